The third-order valence-corrected chi connectivity index (χ3v) is 7.44. The molecule has 2 heterocycles. The Labute approximate surface area is 210 Å². The van der Waals surface area contributed by atoms with E-state index in [2.05, 4.69) is 4.99 Å². The standard InChI is InChI=1S/C25H23ClN2O4S2/c1-5-32-24(30)21-14(2)27-25-28(22(21)16-7-9-17(33-4)10-8-16)23(29)20(34-25)13-15-6-11-19(31-3)18(26)12-15/h6-13,22H,5H2,1-4H3/b20-13+/t22-/m0/s1. The molecule has 6 nitrogen and oxygen atoms in total. The molecule has 0 radical (unpaired) electrons. The van der Waals surface area contributed by atoms with E-state index in [0.29, 0.717) is 31.4 Å². The normalized spacial score (nSPS) is 15.7. The van der Waals surface area contributed by atoms with Crippen LogP contribution in [0.25, 0.3) is 6.08 Å². The van der Waals surface area contributed by atoms with E-state index >= 15 is 0 Å². The number of thiazole rings is 1. The maximum Gasteiger partial charge on any atom is 0.338 e. The second-order valence-corrected chi connectivity index (χ2v) is 9.77. The highest BCUT2D eigenvalue weighted by Crippen LogP contribution is 2.31. The Kier molecular flexibility index (Phi) is 7.30. The Bertz CT molecular complexity index is 1460. The van der Waals surface area contributed by atoms with Crippen molar-refractivity contribution in [3.05, 3.63) is 89.6 Å². The predicted octanol–water partition coefficient (Wildman–Crippen LogP) is 4.18. The molecular weight excluding hydrogens is 492 g/mol. The van der Waals surface area contributed by atoms with Gasteiger partial charge in [0.05, 0.1) is 40.6 Å². The van der Waals surface area contributed by atoms with E-state index in [1.807, 2.05) is 36.6 Å². The van der Waals surface area contributed by atoms with E-state index in [-0.39, 0.29) is 12.2 Å². The highest BCUT2D eigenvalue weighted by molar-refractivity contribution is 7.98. The Morgan fingerprint density at radius 1 is 1.26 bits per heavy atom. The minimum atomic E-state index is -0.632. The average molecular weight is 515 g/mol. The van der Waals surface area contributed by atoms with Crippen molar-refractivity contribution in [3.63, 3.8) is 0 Å². The van der Waals surface area contributed by atoms with E-state index in [0.717, 1.165) is 16.0 Å². The third kappa shape index (κ3) is 4.58. The van der Waals surface area contributed by atoms with Crippen molar-refractivity contribution < 1.29 is 14.3 Å². The molecule has 176 valence electrons. The molecule has 1 aliphatic heterocycles. The van der Waals surface area contributed by atoms with Gasteiger partial charge in [-0.1, -0.05) is 41.1 Å². The van der Waals surface area contributed by atoms with Crippen molar-refractivity contribution in [2.45, 2.75) is 24.8 Å². The summed E-state index contributed by atoms with van der Waals surface area (Å²) in [6.07, 6.45) is 3.77. The van der Waals surface area contributed by atoms with Gasteiger partial charge in [0.2, 0.25) is 0 Å². The summed E-state index contributed by atoms with van der Waals surface area (Å²) in [5, 5.41) is 0.455. The van der Waals surface area contributed by atoms with Crippen LogP contribution < -0.4 is 19.6 Å². The minimum Gasteiger partial charge on any atom is -0.495 e. The first-order chi connectivity index (χ1) is 16.4. The van der Waals surface area contributed by atoms with Crippen LogP contribution in [0.5, 0.6) is 5.75 Å². The Morgan fingerprint density at radius 3 is 2.62 bits per heavy atom. The van der Waals surface area contributed by atoms with Crippen molar-refractivity contribution in [1.29, 1.82) is 0 Å². The van der Waals surface area contributed by atoms with E-state index in [1.165, 1.54) is 11.3 Å². The SMILES string of the molecule is CCOC(=O)C1=C(C)N=c2s/c(=C/c3ccc(OC)c(Cl)c3)c(=O)n2[C@H]1c1ccc(SC)cc1. The fraction of sp³-hybridized carbons (Fsp3) is 0.240. The molecule has 0 saturated heterocycles. The molecule has 2 aromatic carbocycles. The van der Waals surface area contributed by atoms with Crippen LogP contribution in [-0.4, -0.2) is 30.5 Å². The van der Waals surface area contributed by atoms with Gasteiger partial charge in [-0.2, -0.15) is 0 Å². The summed E-state index contributed by atoms with van der Waals surface area (Å²) in [7, 11) is 1.55. The average Bonchev–Trinajstić information content (AvgIpc) is 3.12. The van der Waals surface area contributed by atoms with Gasteiger partial charge < -0.3 is 9.47 Å². The van der Waals surface area contributed by atoms with Gasteiger partial charge in [-0.05, 0) is 61.6 Å². The molecule has 34 heavy (non-hydrogen) atoms. The van der Waals surface area contributed by atoms with Crippen molar-refractivity contribution in [2.75, 3.05) is 20.0 Å². The number of methoxy groups -OCH3 is 1. The number of esters is 1. The zero-order valence-electron chi connectivity index (χ0n) is 19.1. The van der Waals surface area contributed by atoms with Gasteiger partial charge in [0.25, 0.3) is 5.56 Å². The monoisotopic (exact) mass is 514 g/mol. The first kappa shape index (κ1) is 24.3. The lowest BCUT2D eigenvalue weighted by Crippen LogP contribution is -2.39. The van der Waals surface area contributed by atoms with Gasteiger partial charge in [0.1, 0.15) is 5.75 Å². The van der Waals surface area contributed by atoms with E-state index in [4.69, 9.17) is 21.1 Å². The molecule has 3 aromatic rings. The minimum absolute atomic E-state index is 0.232. The van der Waals surface area contributed by atoms with Crippen molar-refractivity contribution in [1.82, 2.24) is 4.57 Å². The summed E-state index contributed by atoms with van der Waals surface area (Å²) in [6, 6.07) is 12.5. The molecule has 1 aromatic heterocycles. The molecule has 0 fully saturated rings. The van der Waals surface area contributed by atoms with Crippen molar-refractivity contribution in [3.8, 4) is 5.75 Å². The lowest BCUT2D eigenvalue weighted by atomic mass is 9.96. The number of nitrogens with zero attached hydrogens (tertiary/aromatic N) is 2. The van der Waals surface area contributed by atoms with Gasteiger partial charge in [0, 0.05) is 4.90 Å². The van der Waals surface area contributed by atoms with Crippen LogP contribution in [0.1, 0.15) is 31.0 Å². The lowest BCUT2D eigenvalue weighted by molar-refractivity contribution is -0.139. The van der Waals surface area contributed by atoms with E-state index < -0.39 is 12.0 Å². The highest BCUT2D eigenvalue weighted by Gasteiger charge is 2.33. The highest BCUT2D eigenvalue weighted by atomic mass is 35.5. The molecule has 0 N–H and O–H groups in total. The maximum atomic E-state index is 13.6. The third-order valence-electron chi connectivity index (χ3n) is 5.42. The van der Waals surface area contributed by atoms with Crippen LogP contribution in [0.4, 0.5) is 0 Å². The molecule has 9 heteroatoms. The molecule has 1 atom stereocenters. The largest absolute Gasteiger partial charge is 0.495 e. The number of aromatic nitrogens is 1. The van der Waals surface area contributed by atoms with Crippen molar-refractivity contribution >= 4 is 46.7 Å². The summed E-state index contributed by atoms with van der Waals surface area (Å²) in [6.45, 7) is 3.76. The summed E-state index contributed by atoms with van der Waals surface area (Å²) < 4.78 is 12.6. The molecule has 0 aliphatic carbocycles. The van der Waals surface area contributed by atoms with Gasteiger partial charge in [-0.15, -0.1) is 11.8 Å². The number of fused-ring (bicyclic) bond motifs is 1. The first-order valence-electron chi connectivity index (χ1n) is 10.5. The van der Waals surface area contributed by atoms with Crippen LogP contribution in [0, 0.1) is 0 Å². The summed E-state index contributed by atoms with van der Waals surface area (Å²) in [5.41, 5.74) is 2.25. The number of carbonyl (C=O) groups excluding carboxylic acids is 1. The van der Waals surface area contributed by atoms with Gasteiger partial charge in [-0.25, -0.2) is 9.79 Å². The second-order valence-electron chi connectivity index (χ2n) is 7.47. The number of thioether (sulfide) groups is 1. The number of rotatable bonds is 6. The summed E-state index contributed by atoms with van der Waals surface area (Å²) in [5.74, 6) is 0.0857. The zero-order valence-corrected chi connectivity index (χ0v) is 21.5. The van der Waals surface area contributed by atoms with Gasteiger partial charge >= 0.3 is 5.97 Å². The zero-order chi connectivity index (χ0) is 24.4. The molecule has 0 bridgehead atoms. The Morgan fingerprint density at radius 2 is 2.00 bits per heavy atom. The number of halogens is 1. The number of carbonyl (C=O) groups is 1. The molecule has 0 unspecified atom stereocenters. The number of ether oxygens (including phenoxy) is 2. The summed E-state index contributed by atoms with van der Waals surface area (Å²) in [4.78, 5) is 32.8. The molecule has 0 saturated carbocycles. The molecule has 1 aliphatic rings. The Balaban J connectivity index is 1.92. The molecule has 0 amide bonds. The first-order valence-corrected chi connectivity index (χ1v) is 13.0. The second kappa shape index (κ2) is 10.2. The number of benzene rings is 2. The molecule has 4 rings (SSSR count). The number of hydrogen-bond acceptors (Lipinski definition) is 7. The maximum absolute atomic E-state index is 13.6. The van der Waals surface area contributed by atoms with E-state index in [1.54, 1.807) is 55.5 Å². The van der Waals surface area contributed by atoms with Gasteiger partial charge in [0.15, 0.2) is 4.80 Å². The molecule has 0 spiro atoms. The molecular formula is C25H23ClN2O4S2. The van der Waals surface area contributed by atoms with Gasteiger partial charge in [-0.3, -0.25) is 9.36 Å². The smallest absolute Gasteiger partial charge is 0.338 e. The van der Waals surface area contributed by atoms with Crippen LogP contribution in [0.3, 0.4) is 0 Å². The fourth-order valence-corrected chi connectivity index (χ4v) is 5.54. The van der Waals surface area contributed by atoms with Crippen molar-refractivity contribution in [2.24, 2.45) is 4.99 Å². The Hall–Kier alpha value is -2.81. The topological polar surface area (TPSA) is 69.9 Å². The van der Waals surface area contributed by atoms with Crippen LogP contribution in [0.2, 0.25) is 5.02 Å². The predicted molar refractivity (Wildman–Crippen MR) is 137 cm³/mol. The number of allylic oxidation sites excluding steroid dienone is 1. The van der Waals surface area contributed by atoms with E-state index in [9.17, 15) is 9.59 Å². The fourth-order valence-electron chi connectivity index (χ4n) is 3.82. The number of hydrogen-bond donors (Lipinski definition) is 0. The lowest BCUT2D eigenvalue weighted by Gasteiger charge is -2.24. The van der Waals surface area contributed by atoms with Crippen LogP contribution in [0.15, 0.2) is 68.4 Å². The van der Waals surface area contributed by atoms with Crippen LogP contribution in [-0.2, 0) is 9.53 Å². The van der Waals surface area contributed by atoms with Crippen LogP contribution >= 0.6 is 34.7 Å². The quantitative estimate of drug-likeness (QED) is 0.364. The summed E-state index contributed by atoms with van der Waals surface area (Å²) >= 11 is 9.16.